The lowest BCUT2D eigenvalue weighted by molar-refractivity contribution is 0.670. The summed E-state index contributed by atoms with van der Waals surface area (Å²) in [6.45, 7) is 0. The first-order chi connectivity index (χ1) is 23.8. The number of anilines is 3. The molecule has 0 radical (unpaired) electrons. The van der Waals surface area contributed by atoms with Crippen molar-refractivity contribution < 1.29 is 4.42 Å². The summed E-state index contributed by atoms with van der Waals surface area (Å²) < 4.78 is 6.95. The molecule has 0 saturated carbocycles. The van der Waals surface area contributed by atoms with Crippen molar-refractivity contribution in [3.05, 3.63) is 188 Å². The average Bonchev–Trinajstić information content (AvgIpc) is 3.56. The van der Waals surface area contributed by atoms with E-state index in [1.54, 1.807) is 0 Å². The van der Waals surface area contributed by atoms with Crippen LogP contribution in [0.1, 0.15) is 0 Å². The summed E-state index contributed by atoms with van der Waals surface area (Å²) in [4.78, 5) is 2.35. The molecule has 226 valence electrons. The fourth-order valence-electron chi connectivity index (χ4n) is 6.97. The number of nitrogens with zero attached hydrogens (tertiary/aromatic N) is 1. The Labute approximate surface area is 279 Å². The highest BCUT2D eigenvalue weighted by Gasteiger charge is 2.22. The summed E-state index contributed by atoms with van der Waals surface area (Å²) in [6.07, 6.45) is 0. The van der Waals surface area contributed by atoms with Crippen LogP contribution in [0.25, 0.3) is 66.1 Å². The van der Waals surface area contributed by atoms with Gasteiger partial charge in [-0.15, -0.1) is 0 Å². The highest BCUT2D eigenvalue weighted by Crippen LogP contribution is 2.46. The summed E-state index contributed by atoms with van der Waals surface area (Å²) >= 11 is 0. The Morgan fingerprint density at radius 1 is 0.333 bits per heavy atom. The third-order valence-electron chi connectivity index (χ3n) is 9.25. The first-order valence-corrected chi connectivity index (χ1v) is 16.4. The fraction of sp³-hybridized carbons (Fsp3) is 0. The molecule has 0 bridgehead atoms. The minimum Gasteiger partial charge on any atom is -0.453 e. The van der Waals surface area contributed by atoms with Gasteiger partial charge in [-0.2, -0.15) is 0 Å². The number of hydrogen-bond acceptors (Lipinski definition) is 2. The van der Waals surface area contributed by atoms with Crippen molar-refractivity contribution in [3.8, 4) is 33.4 Å². The normalized spacial score (nSPS) is 11.3. The molecule has 0 saturated heterocycles. The molecule has 2 nitrogen and oxygen atoms in total. The number of furan rings is 1. The Hall–Kier alpha value is -6.38. The monoisotopic (exact) mass is 613 g/mol. The van der Waals surface area contributed by atoms with Gasteiger partial charge in [0.1, 0.15) is 5.58 Å². The second-order valence-electron chi connectivity index (χ2n) is 12.1. The first kappa shape index (κ1) is 27.9. The quantitative estimate of drug-likeness (QED) is 0.185. The molecule has 0 aliphatic heterocycles. The Balaban J connectivity index is 1.31. The molecular formula is C46H31NO. The Kier molecular flexibility index (Phi) is 6.84. The van der Waals surface area contributed by atoms with Gasteiger partial charge in [0, 0.05) is 27.7 Å². The molecule has 0 N–H and O–H groups in total. The van der Waals surface area contributed by atoms with Gasteiger partial charge in [-0.25, -0.2) is 0 Å². The van der Waals surface area contributed by atoms with Gasteiger partial charge in [0.2, 0.25) is 0 Å². The Morgan fingerprint density at radius 2 is 0.875 bits per heavy atom. The lowest BCUT2D eigenvalue weighted by Gasteiger charge is -2.27. The standard InChI is InChI=1S/C46H31NO/c1-4-14-32(15-5-1)33-26-28-37(29-27-33)47(38-30-36-20-10-11-21-39(36)43(31-38)35-18-8-3-9-19-35)44-25-13-24-42-41-23-12-22-40(45(41)48-46(42)44)34-16-6-2-7-17-34/h1-31H. The van der Waals surface area contributed by atoms with Gasteiger partial charge in [0.15, 0.2) is 5.58 Å². The van der Waals surface area contributed by atoms with Crippen LogP contribution >= 0.6 is 0 Å². The van der Waals surface area contributed by atoms with E-state index in [2.05, 4.69) is 193 Å². The zero-order chi connectivity index (χ0) is 31.9. The maximum absolute atomic E-state index is 6.95. The Bertz CT molecular complexity index is 2530. The molecule has 48 heavy (non-hydrogen) atoms. The first-order valence-electron chi connectivity index (χ1n) is 16.4. The zero-order valence-electron chi connectivity index (χ0n) is 26.3. The van der Waals surface area contributed by atoms with Crippen LogP contribution < -0.4 is 4.90 Å². The summed E-state index contributed by atoms with van der Waals surface area (Å²) in [5.41, 5.74) is 11.8. The van der Waals surface area contributed by atoms with Crippen molar-refractivity contribution in [2.45, 2.75) is 0 Å². The molecule has 0 fully saturated rings. The molecule has 1 aromatic heterocycles. The van der Waals surface area contributed by atoms with E-state index in [-0.39, 0.29) is 0 Å². The van der Waals surface area contributed by atoms with Gasteiger partial charge >= 0.3 is 0 Å². The van der Waals surface area contributed by atoms with Gasteiger partial charge < -0.3 is 9.32 Å². The van der Waals surface area contributed by atoms with Crippen molar-refractivity contribution >= 4 is 49.8 Å². The number of hydrogen-bond donors (Lipinski definition) is 0. The van der Waals surface area contributed by atoms with Crippen LogP contribution in [0.4, 0.5) is 17.1 Å². The minimum atomic E-state index is 0.859. The van der Waals surface area contributed by atoms with E-state index in [4.69, 9.17) is 4.42 Å². The van der Waals surface area contributed by atoms with E-state index in [1.807, 2.05) is 0 Å². The largest absolute Gasteiger partial charge is 0.453 e. The van der Waals surface area contributed by atoms with Gasteiger partial charge in [0.05, 0.1) is 5.69 Å². The van der Waals surface area contributed by atoms with Gasteiger partial charge in [-0.1, -0.05) is 158 Å². The molecule has 0 amide bonds. The summed E-state index contributed by atoms with van der Waals surface area (Å²) in [5, 5.41) is 4.61. The SMILES string of the molecule is c1ccc(-c2ccc(N(c3cc(-c4ccccc4)c4ccccc4c3)c3cccc4c3oc3c(-c5ccccc5)cccc34)cc2)cc1. The van der Waals surface area contributed by atoms with Crippen LogP contribution in [-0.2, 0) is 0 Å². The topological polar surface area (TPSA) is 16.4 Å². The zero-order valence-corrected chi connectivity index (χ0v) is 26.3. The number of fused-ring (bicyclic) bond motifs is 4. The van der Waals surface area contributed by atoms with E-state index >= 15 is 0 Å². The van der Waals surface area contributed by atoms with Crippen molar-refractivity contribution in [1.82, 2.24) is 0 Å². The van der Waals surface area contributed by atoms with Crippen LogP contribution in [-0.4, -0.2) is 0 Å². The van der Waals surface area contributed by atoms with Crippen molar-refractivity contribution in [3.63, 3.8) is 0 Å². The third-order valence-corrected chi connectivity index (χ3v) is 9.25. The van der Waals surface area contributed by atoms with E-state index in [9.17, 15) is 0 Å². The molecule has 0 unspecified atom stereocenters. The van der Waals surface area contributed by atoms with Crippen LogP contribution in [0, 0.1) is 0 Å². The summed E-state index contributed by atoms with van der Waals surface area (Å²) in [5.74, 6) is 0. The number of para-hydroxylation sites is 2. The maximum Gasteiger partial charge on any atom is 0.159 e. The maximum atomic E-state index is 6.95. The molecule has 9 aromatic rings. The van der Waals surface area contributed by atoms with Gasteiger partial charge in [0.25, 0.3) is 0 Å². The average molecular weight is 614 g/mol. The van der Waals surface area contributed by atoms with Crippen LogP contribution in [0.5, 0.6) is 0 Å². The second-order valence-corrected chi connectivity index (χ2v) is 12.1. The highest BCUT2D eigenvalue weighted by molar-refractivity contribution is 6.14. The molecule has 9 rings (SSSR count). The lowest BCUT2D eigenvalue weighted by Crippen LogP contribution is -2.10. The van der Waals surface area contributed by atoms with Gasteiger partial charge in [-0.3, -0.25) is 0 Å². The molecule has 0 aliphatic carbocycles. The predicted octanol–water partition coefficient (Wildman–Crippen LogP) is 13.2. The van der Waals surface area contributed by atoms with E-state index in [0.29, 0.717) is 0 Å². The fourth-order valence-corrected chi connectivity index (χ4v) is 6.97. The highest BCUT2D eigenvalue weighted by atomic mass is 16.3. The van der Waals surface area contributed by atoms with Gasteiger partial charge in [-0.05, 0) is 68.9 Å². The molecule has 0 spiro atoms. The summed E-state index contributed by atoms with van der Waals surface area (Å²) in [7, 11) is 0. The third kappa shape index (κ3) is 4.83. The van der Waals surface area contributed by atoms with Crippen molar-refractivity contribution in [1.29, 1.82) is 0 Å². The number of benzene rings is 8. The molecule has 2 heteroatoms. The van der Waals surface area contributed by atoms with Crippen molar-refractivity contribution in [2.24, 2.45) is 0 Å². The Morgan fingerprint density at radius 3 is 1.58 bits per heavy atom. The minimum absolute atomic E-state index is 0.859. The van der Waals surface area contributed by atoms with E-state index in [1.165, 1.54) is 33.0 Å². The lowest BCUT2D eigenvalue weighted by atomic mass is 9.96. The molecular weight excluding hydrogens is 583 g/mol. The van der Waals surface area contributed by atoms with E-state index in [0.717, 1.165) is 50.1 Å². The van der Waals surface area contributed by atoms with Crippen LogP contribution in [0.2, 0.25) is 0 Å². The predicted molar refractivity (Wildman–Crippen MR) is 202 cm³/mol. The second kappa shape index (κ2) is 11.8. The summed E-state index contributed by atoms with van der Waals surface area (Å²) in [6, 6.07) is 66.8. The molecule has 8 aromatic carbocycles. The van der Waals surface area contributed by atoms with Crippen LogP contribution in [0.3, 0.4) is 0 Å². The van der Waals surface area contributed by atoms with Crippen LogP contribution in [0.15, 0.2) is 192 Å². The smallest absolute Gasteiger partial charge is 0.159 e. The molecule has 0 aliphatic rings. The number of rotatable bonds is 6. The molecule has 1 heterocycles. The van der Waals surface area contributed by atoms with Crippen molar-refractivity contribution in [2.75, 3.05) is 4.90 Å². The molecule has 0 atom stereocenters. The van der Waals surface area contributed by atoms with E-state index < -0.39 is 0 Å².